The van der Waals surface area contributed by atoms with Gasteiger partial charge in [-0.1, -0.05) is 31.9 Å². The van der Waals surface area contributed by atoms with Crippen LogP contribution in [0.5, 0.6) is 0 Å². The molecule has 1 aliphatic rings. The van der Waals surface area contributed by atoms with E-state index < -0.39 is 0 Å². The monoisotopic (exact) mass is 279 g/mol. The topological polar surface area (TPSA) is 21.3 Å². The standard InChI is InChI=1S/C17H26FNO/c1-2-11-19-12-17(15-7-9-16(18)10-8-15)20-13-14-5-3-4-6-14/h7-10,14,17,19H,2-6,11-13H2,1H3. The van der Waals surface area contributed by atoms with Crippen LogP contribution in [0.1, 0.15) is 50.7 Å². The first-order chi connectivity index (χ1) is 9.79. The van der Waals surface area contributed by atoms with Gasteiger partial charge in [0.05, 0.1) is 12.7 Å². The minimum atomic E-state index is -0.190. The minimum Gasteiger partial charge on any atom is -0.372 e. The molecular formula is C17H26FNO. The van der Waals surface area contributed by atoms with E-state index in [9.17, 15) is 4.39 Å². The summed E-state index contributed by atoms with van der Waals surface area (Å²) < 4.78 is 19.1. The third-order valence-electron chi connectivity index (χ3n) is 4.01. The molecule has 1 atom stereocenters. The first-order valence-corrected chi connectivity index (χ1v) is 7.87. The Morgan fingerprint density at radius 2 is 1.95 bits per heavy atom. The highest BCUT2D eigenvalue weighted by molar-refractivity contribution is 5.19. The van der Waals surface area contributed by atoms with E-state index in [2.05, 4.69) is 12.2 Å². The zero-order chi connectivity index (χ0) is 14.2. The number of ether oxygens (including phenoxy) is 1. The van der Waals surface area contributed by atoms with E-state index in [0.29, 0.717) is 5.92 Å². The maximum atomic E-state index is 13.0. The molecule has 20 heavy (non-hydrogen) atoms. The molecule has 3 heteroatoms. The molecule has 1 fully saturated rings. The van der Waals surface area contributed by atoms with Crippen LogP contribution in [0.25, 0.3) is 0 Å². The Bertz CT molecular complexity index is 373. The molecule has 2 nitrogen and oxygen atoms in total. The van der Waals surface area contributed by atoms with Crippen LogP contribution in [-0.2, 0) is 4.74 Å². The number of rotatable bonds is 8. The Labute approximate surface area is 121 Å². The summed E-state index contributed by atoms with van der Waals surface area (Å²) in [6.45, 7) is 4.77. The summed E-state index contributed by atoms with van der Waals surface area (Å²) in [5, 5.41) is 3.40. The van der Waals surface area contributed by atoms with Gasteiger partial charge in [0, 0.05) is 6.54 Å². The van der Waals surface area contributed by atoms with E-state index in [1.165, 1.54) is 37.8 Å². The first kappa shape index (κ1) is 15.5. The van der Waals surface area contributed by atoms with Crippen molar-refractivity contribution in [3.05, 3.63) is 35.6 Å². The van der Waals surface area contributed by atoms with Gasteiger partial charge in [-0.2, -0.15) is 0 Å². The van der Waals surface area contributed by atoms with E-state index in [1.54, 1.807) is 0 Å². The van der Waals surface area contributed by atoms with Crippen LogP contribution in [0.3, 0.4) is 0 Å². The molecule has 0 amide bonds. The number of halogens is 1. The zero-order valence-electron chi connectivity index (χ0n) is 12.4. The molecule has 0 heterocycles. The Hall–Kier alpha value is -0.930. The highest BCUT2D eigenvalue weighted by atomic mass is 19.1. The van der Waals surface area contributed by atoms with Crippen molar-refractivity contribution in [3.8, 4) is 0 Å². The molecule has 1 aliphatic carbocycles. The van der Waals surface area contributed by atoms with Crippen LogP contribution in [0.2, 0.25) is 0 Å². The van der Waals surface area contributed by atoms with E-state index in [1.807, 2.05) is 12.1 Å². The lowest BCUT2D eigenvalue weighted by molar-refractivity contribution is 0.0295. The Morgan fingerprint density at radius 1 is 1.25 bits per heavy atom. The van der Waals surface area contributed by atoms with Gasteiger partial charge in [-0.05, 0) is 49.4 Å². The summed E-state index contributed by atoms with van der Waals surface area (Å²) in [5.41, 5.74) is 1.06. The van der Waals surface area contributed by atoms with Crippen molar-refractivity contribution in [1.29, 1.82) is 0 Å². The van der Waals surface area contributed by atoms with Crippen molar-refractivity contribution in [3.63, 3.8) is 0 Å². The molecule has 1 aromatic rings. The van der Waals surface area contributed by atoms with Gasteiger partial charge >= 0.3 is 0 Å². The Morgan fingerprint density at radius 3 is 2.60 bits per heavy atom. The zero-order valence-corrected chi connectivity index (χ0v) is 12.4. The summed E-state index contributed by atoms with van der Waals surface area (Å²) in [5.74, 6) is 0.522. The van der Waals surface area contributed by atoms with Crippen molar-refractivity contribution in [2.24, 2.45) is 5.92 Å². The quantitative estimate of drug-likeness (QED) is 0.724. The van der Waals surface area contributed by atoms with Gasteiger partial charge in [0.25, 0.3) is 0 Å². The molecule has 2 rings (SSSR count). The van der Waals surface area contributed by atoms with Gasteiger partial charge in [0.15, 0.2) is 0 Å². The second kappa shape index (κ2) is 8.38. The van der Waals surface area contributed by atoms with E-state index >= 15 is 0 Å². The molecule has 112 valence electrons. The van der Waals surface area contributed by atoms with Gasteiger partial charge < -0.3 is 10.1 Å². The van der Waals surface area contributed by atoms with Crippen molar-refractivity contribution in [2.75, 3.05) is 19.7 Å². The molecule has 0 aromatic heterocycles. The summed E-state index contributed by atoms with van der Waals surface area (Å²) in [6.07, 6.45) is 6.39. The normalized spacial score (nSPS) is 17.5. The molecule has 1 aromatic carbocycles. The predicted molar refractivity (Wildman–Crippen MR) is 80.2 cm³/mol. The van der Waals surface area contributed by atoms with E-state index in [0.717, 1.165) is 31.7 Å². The molecular weight excluding hydrogens is 253 g/mol. The SMILES string of the molecule is CCCNCC(OCC1CCCC1)c1ccc(F)cc1. The van der Waals surface area contributed by atoms with Gasteiger partial charge in [-0.3, -0.25) is 0 Å². The highest BCUT2D eigenvalue weighted by Crippen LogP contribution is 2.27. The van der Waals surface area contributed by atoms with Crippen LogP contribution in [-0.4, -0.2) is 19.7 Å². The molecule has 0 aliphatic heterocycles. The molecule has 0 radical (unpaired) electrons. The number of nitrogens with one attached hydrogen (secondary N) is 1. The van der Waals surface area contributed by atoms with Crippen LogP contribution >= 0.6 is 0 Å². The average molecular weight is 279 g/mol. The molecule has 1 N–H and O–H groups in total. The number of hydrogen-bond donors (Lipinski definition) is 1. The third-order valence-corrected chi connectivity index (χ3v) is 4.01. The van der Waals surface area contributed by atoms with E-state index in [-0.39, 0.29) is 11.9 Å². The van der Waals surface area contributed by atoms with Crippen molar-refractivity contribution >= 4 is 0 Å². The number of hydrogen-bond acceptors (Lipinski definition) is 2. The third kappa shape index (κ3) is 4.88. The average Bonchev–Trinajstić information content (AvgIpc) is 2.97. The smallest absolute Gasteiger partial charge is 0.123 e. The van der Waals surface area contributed by atoms with Crippen molar-refractivity contribution < 1.29 is 9.13 Å². The maximum Gasteiger partial charge on any atom is 0.123 e. The summed E-state index contributed by atoms with van der Waals surface area (Å²) >= 11 is 0. The van der Waals surface area contributed by atoms with Crippen molar-refractivity contribution in [1.82, 2.24) is 5.32 Å². The largest absolute Gasteiger partial charge is 0.372 e. The molecule has 0 bridgehead atoms. The molecule has 0 spiro atoms. The summed E-state index contributed by atoms with van der Waals surface area (Å²) in [4.78, 5) is 0. The van der Waals surface area contributed by atoms with Crippen molar-refractivity contribution in [2.45, 2.75) is 45.1 Å². The lowest BCUT2D eigenvalue weighted by Gasteiger charge is -2.21. The lowest BCUT2D eigenvalue weighted by Crippen LogP contribution is -2.25. The van der Waals surface area contributed by atoms with Gasteiger partial charge in [0.2, 0.25) is 0 Å². The molecule has 1 unspecified atom stereocenters. The highest BCUT2D eigenvalue weighted by Gasteiger charge is 2.18. The number of benzene rings is 1. The van der Waals surface area contributed by atoms with Crippen LogP contribution < -0.4 is 5.32 Å². The fourth-order valence-electron chi connectivity index (χ4n) is 2.79. The lowest BCUT2D eigenvalue weighted by atomic mass is 10.1. The molecule has 0 saturated heterocycles. The fourth-order valence-corrected chi connectivity index (χ4v) is 2.79. The minimum absolute atomic E-state index is 0.0303. The molecule has 1 saturated carbocycles. The second-order valence-corrected chi connectivity index (χ2v) is 5.73. The first-order valence-electron chi connectivity index (χ1n) is 7.87. The Balaban J connectivity index is 1.90. The van der Waals surface area contributed by atoms with Crippen LogP contribution in [0, 0.1) is 11.7 Å². The van der Waals surface area contributed by atoms with Gasteiger partial charge in [-0.15, -0.1) is 0 Å². The van der Waals surface area contributed by atoms with Crippen LogP contribution in [0.15, 0.2) is 24.3 Å². The van der Waals surface area contributed by atoms with Gasteiger partial charge in [0.1, 0.15) is 5.82 Å². The van der Waals surface area contributed by atoms with Gasteiger partial charge in [-0.25, -0.2) is 4.39 Å². The predicted octanol–water partition coefficient (Wildman–Crippen LogP) is 4.07. The summed E-state index contributed by atoms with van der Waals surface area (Å²) in [7, 11) is 0. The van der Waals surface area contributed by atoms with Crippen LogP contribution in [0.4, 0.5) is 4.39 Å². The van der Waals surface area contributed by atoms with E-state index in [4.69, 9.17) is 4.74 Å². The summed E-state index contributed by atoms with van der Waals surface area (Å²) in [6, 6.07) is 6.70. The Kier molecular flexibility index (Phi) is 6.48. The second-order valence-electron chi connectivity index (χ2n) is 5.73. The fraction of sp³-hybridized carbons (Fsp3) is 0.647. The maximum absolute atomic E-state index is 13.0.